The standard InChI is InChI=1S/C24H29N3O3/c1-18-6-4-7-19(2)24(18)25-22(28)17-26-12-14-27(15-13-26)23(29)11-10-20-8-5-9-21(16-20)30-3/h4-11,16H,12-15,17H2,1-3H3,(H,25,28)/p+1/b11-10+. The molecule has 158 valence electrons. The van der Waals surface area contributed by atoms with Crippen LogP contribution in [0.15, 0.2) is 48.5 Å². The van der Waals surface area contributed by atoms with E-state index >= 15 is 0 Å². The van der Waals surface area contributed by atoms with Crippen molar-refractivity contribution in [1.29, 1.82) is 0 Å². The fraction of sp³-hybridized carbons (Fsp3) is 0.333. The Kier molecular flexibility index (Phi) is 7.25. The molecule has 1 aliphatic rings. The second-order valence-electron chi connectivity index (χ2n) is 7.68. The van der Waals surface area contributed by atoms with Crippen LogP contribution >= 0.6 is 0 Å². The lowest BCUT2D eigenvalue weighted by molar-refractivity contribution is -0.895. The highest BCUT2D eigenvalue weighted by Crippen LogP contribution is 2.19. The maximum absolute atomic E-state index is 12.5. The van der Waals surface area contributed by atoms with E-state index in [0.717, 1.165) is 41.2 Å². The summed E-state index contributed by atoms with van der Waals surface area (Å²) >= 11 is 0. The number of piperazine rings is 1. The first-order valence-electron chi connectivity index (χ1n) is 10.3. The highest BCUT2D eigenvalue weighted by Gasteiger charge is 2.24. The molecule has 6 nitrogen and oxygen atoms in total. The van der Waals surface area contributed by atoms with Crippen LogP contribution in [-0.4, -0.2) is 56.5 Å². The van der Waals surface area contributed by atoms with Crippen molar-refractivity contribution >= 4 is 23.6 Å². The summed E-state index contributed by atoms with van der Waals surface area (Å²) in [5, 5.41) is 3.05. The number of carbonyl (C=O) groups excluding carboxylic acids is 2. The lowest BCUT2D eigenvalue weighted by atomic mass is 10.1. The highest BCUT2D eigenvalue weighted by molar-refractivity contribution is 5.93. The summed E-state index contributed by atoms with van der Waals surface area (Å²) in [6.07, 6.45) is 3.41. The molecular weight excluding hydrogens is 378 g/mol. The average Bonchev–Trinajstić information content (AvgIpc) is 2.75. The molecule has 0 bridgehead atoms. The van der Waals surface area contributed by atoms with E-state index in [-0.39, 0.29) is 11.8 Å². The van der Waals surface area contributed by atoms with Gasteiger partial charge in [-0.2, -0.15) is 0 Å². The number of amides is 2. The largest absolute Gasteiger partial charge is 0.497 e. The molecule has 0 saturated carbocycles. The van der Waals surface area contributed by atoms with Crippen LogP contribution in [0.5, 0.6) is 5.75 Å². The van der Waals surface area contributed by atoms with E-state index in [0.29, 0.717) is 19.6 Å². The van der Waals surface area contributed by atoms with E-state index in [9.17, 15) is 9.59 Å². The number of benzene rings is 2. The molecular formula is C24H30N3O3+. The Morgan fingerprint density at radius 2 is 1.77 bits per heavy atom. The molecule has 1 saturated heterocycles. The molecule has 2 amide bonds. The van der Waals surface area contributed by atoms with E-state index in [1.165, 1.54) is 4.90 Å². The molecule has 0 spiro atoms. The van der Waals surface area contributed by atoms with Crippen LogP contribution in [0.2, 0.25) is 0 Å². The summed E-state index contributed by atoms with van der Waals surface area (Å²) in [6, 6.07) is 13.6. The monoisotopic (exact) mass is 408 g/mol. The van der Waals surface area contributed by atoms with Crippen molar-refractivity contribution in [2.24, 2.45) is 0 Å². The van der Waals surface area contributed by atoms with Crippen molar-refractivity contribution in [3.05, 3.63) is 65.2 Å². The molecule has 2 aromatic rings. The number of para-hydroxylation sites is 1. The number of methoxy groups -OCH3 is 1. The fourth-order valence-electron chi connectivity index (χ4n) is 3.66. The molecule has 1 aliphatic heterocycles. The highest BCUT2D eigenvalue weighted by atomic mass is 16.5. The molecule has 6 heteroatoms. The number of ether oxygens (including phenoxy) is 1. The second-order valence-corrected chi connectivity index (χ2v) is 7.68. The van der Waals surface area contributed by atoms with Crippen molar-refractivity contribution in [3.8, 4) is 5.75 Å². The molecule has 1 fully saturated rings. The van der Waals surface area contributed by atoms with Crippen LogP contribution in [0.4, 0.5) is 5.69 Å². The van der Waals surface area contributed by atoms with E-state index < -0.39 is 0 Å². The number of carbonyl (C=O) groups is 2. The van der Waals surface area contributed by atoms with E-state index in [1.807, 2.05) is 67.3 Å². The summed E-state index contributed by atoms with van der Waals surface area (Å²) in [4.78, 5) is 28.0. The Morgan fingerprint density at radius 1 is 1.10 bits per heavy atom. The molecule has 0 unspecified atom stereocenters. The smallest absolute Gasteiger partial charge is 0.279 e. The molecule has 1 heterocycles. The lowest BCUT2D eigenvalue weighted by Gasteiger charge is -2.31. The summed E-state index contributed by atoms with van der Waals surface area (Å²) in [7, 11) is 1.62. The maximum atomic E-state index is 12.5. The Hall–Kier alpha value is -3.12. The molecule has 0 aliphatic carbocycles. The molecule has 3 rings (SSSR count). The van der Waals surface area contributed by atoms with Gasteiger partial charge in [-0.25, -0.2) is 0 Å². The Bertz CT molecular complexity index is 911. The zero-order chi connectivity index (χ0) is 21.5. The minimum absolute atomic E-state index is 0.00291. The molecule has 0 aromatic heterocycles. The molecule has 2 aromatic carbocycles. The Labute approximate surface area is 178 Å². The van der Waals surface area contributed by atoms with Gasteiger partial charge in [0, 0.05) is 11.8 Å². The van der Waals surface area contributed by atoms with Crippen LogP contribution in [0.25, 0.3) is 6.08 Å². The van der Waals surface area contributed by atoms with Crippen LogP contribution < -0.4 is 15.0 Å². The van der Waals surface area contributed by atoms with Crippen molar-refractivity contribution in [3.63, 3.8) is 0 Å². The van der Waals surface area contributed by atoms with Gasteiger partial charge in [-0.3, -0.25) is 9.59 Å². The van der Waals surface area contributed by atoms with Crippen molar-refractivity contribution in [2.45, 2.75) is 13.8 Å². The predicted octanol–water partition coefficient (Wildman–Crippen LogP) is 1.69. The number of nitrogens with one attached hydrogen (secondary N) is 2. The summed E-state index contributed by atoms with van der Waals surface area (Å²) < 4.78 is 5.21. The van der Waals surface area contributed by atoms with Crippen molar-refractivity contribution < 1.29 is 19.2 Å². The van der Waals surface area contributed by atoms with Crippen LogP contribution in [-0.2, 0) is 9.59 Å². The van der Waals surface area contributed by atoms with Gasteiger partial charge >= 0.3 is 0 Å². The van der Waals surface area contributed by atoms with Gasteiger partial charge in [-0.1, -0.05) is 30.3 Å². The quantitative estimate of drug-likeness (QED) is 0.715. The third kappa shape index (κ3) is 5.70. The third-order valence-corrected chi connectivity index (χ3v) is 5.45. The summed E-state index contributed by atoms with van der Waals surface area (Å²) in [5.74, 6) is 0.776. The first-order chi connectivity index (χ1) is 14.5. The van der Waals surface area contributed by atoms with Gasteiger partial charge in [-0.15, -0.1) is 0 Å². The first kappa shape index (κ1) is 21.6. The lowest BCUT2D eigenvalue weighted by Crippen LogP contribution is -3.15. The normalized spacial score (nSPS) is 14.7. The van der Waals surface area contributed by atoms with Crippen molar-refractivity contribution in [1.82, 2.24) is 4.90 Å². The number of hydrogen-bond donors (Lipinski definition) is 2. The van der Waals surface area contributed by atoms with Gasteiger partial charge in [0.05, 0.1) is 33.3 Å². The SMILES string of the molecule is COc1cccc(/C=C/C(=O)N2CC[NH+](CC(=O)Nc3c(C)cccc3C)CC2)c1. The zero-order valence-corrected chi connectivity index (χ0v) is 17.9. The van der Waals surface area contributed by atoms with E-state index in [2.05, 4.69) is 5.32 Å². The summed E-state index contributed by atoms with van der Waals surface area (Å²) in [6.45, 7) is 7.23. The molecule has 2 N–H and O–H groups in total. The van der Waals surface area contributed by atoms with Crippen molar-refractivity contribution in [2.75, 3.05) is 45.2 Å². The van der Waals surface area contributed by atoms with E-state index in [1.54, 1.807) is 13.2 Å². The topological polar surface area (TPSA) is 63.1 Å². The molecule has 0 atom stereocenters. The van der Waals surface area contributed by atoms with Gasteiger partial charge in [0.2, 0.25) is 5.91 Å². The van der Waals surface area contributed by atoms with Gasteiger partial charge < -0.3 is 19.9 Å². The number of nitrogens with zero attached hydrogens (tertiary/aromatic N) is 1. The number of rotatable bonds is 6. The minimum atomic E-state index is -0.00291. The van der Waals surface area contributed by atoms with Gasteiger partial charge in [-0.05, 0) is 48.7 Å². The number of quaternary nitrogens is 1. The van der Waals surface area contributed by atoms with Crippen LogP contribution in [0.3, 0.4) is 0 Å². The molecule has 30 heavy (non-hydrogen) atoms. The fourth-order valence-corrected chi connectivity index (χ4v) is 3.66. The Morgan fingerprint density at radius 3 is 2.43 bits per heavy atom. The van der Waals surface area contributed by atoms with E-state index in [4.69, 9.17) is 4.74 Å². The Balaban J connectivity index is 1.47. The number of hydrogen-bond acceptors (Lipinski definition) is 3. The predicted molar refractivity (Wildman–Crippen MR) is 119 cm³/mol. The minimum Gasteiger partial charge on any atom is -0.497 e. The van der Waals surface area contributed by atoms with Gasteiger partial charge in [0.15, 0.2) is 6.54 Å². The third-order valence-electron chi connectivity index (χ3n) is 5.45. The number of anilines is 1. The zero-order valence-electron chi connectivity index (χ0n) is 17.9. The average molecular weight is 409 g/mol. The molecule has 0 radical (unpaired) electrons. The maximum Gasteiger partial charge on any atom is 0.279 e. The number of aryl methyl sites for hydroxylation is 2. The van der Waals surface area contributed by atoms with Crippen LogP contribution in [0.1, 0.15) is 16.7 Å². The van der Waals surface area contributed by atoms with Gasteiger partial charge in [0.1, 0.15) is 5.75 Å². The summed E-state index contributed by atoms with van der Waals surface area (Å²) in [5.41, 5.74) is 3.96. The second kappa shape index (κ2) is 10.1. The van der Waals surface area contributed by atoms with Gasteiger partial charge in [0.25, 0.3) is 5.91 Å². The first-order valence-corrected chi connectivity index (χ1v) is 10.3. The van der Waals surface area contributed by atoms with Crippen LogP contribution in [0, 0.1) is 13.8 Å².